The lowest BCUT2D eigenvalue weighted by atomic mass is 10.1. The first-order chi connectivity index (χ1) is 12.2. The van der Waals surface area contributed by atoms with E-state index >= 15 is 0 Å². The van der Waals surface area contributed by atoms with Crippen molar-refractivity contribution in [2.24, 2.45) is 0 Å². The van der Waals surface area contributed by atoms with Gasteiger partial charge in [0.15, 0.2) is 0 Å². The number of hydrogen-bond acceptors (Lipinski definition) is 4. The van der Waals surface area contributed by atoms with E-state index in [1.54, 1.807) is 43.3 Å². The Morgan fingerprint density at radius 2 is 1.96 bits per heavy atom. The highest BCUT2D eigenvalue weighted by molar-refractivity contribution is 6.09. The van der Waals surface area contributed by atoms with Gasteiger partial charge in [0.25, 0.3) is 5.91 Å². The number of benzene rings is 2. The summed E-state index contributed by atoms with van der Waals surface area (Å²) >= 11 is 0. The van der Waals surface area contributed by atoms with Gasteiger partial charge >= 0.3 is 5.97 Å². The fourth-order valence-electron chi connectivity index (χ4n) is 2.39. The van der Waals surface area contributed by atoms with Gasteiger partial charge in [-0.3, -0.25) is 4.79 Å². The second-order valence-corrected chi connectivity index (χ2v) is 5.31. The Labute approximate surface area is 145 Å². The van der Waals surface area contributed by atoms with Crippen LogP contribution >= 0.6 is 0 Å². The van der Waals surface area contributed by atoms with Crippen molar-refractivity contribution in [1.29, 1.82) is 0 Å². The van der Waals surface area contributed by atoms with Crippen LogP contribution in [0.2, 0.25) is 0 Å². The van der Waals surface area contributed by atoms with Crippen LogP contribution in [-0.2, 0) is 9.53 Å². The number of rotatable bonds is 4. The molecule has 0 atom stereocenters. The van der Waals surface area contributed by atoms with Crippen LogP contribution in [-0.4, -0.2) is 18.5 Å². The Hall–Kier alpha value is -3.34. The zero-order valence-corrected chi connectivity index (χ0v) is 13.7. The third-order valence-electron chi connectivity index (χ3n) is 3.57. The molecule has 0 saturated carbocycles. The molecule has 0 aliphatic carbocycles. The van der Waals surface area contributed by atoms with Gasteiger partial charge < -0.3 is 14.8 Å². The summed E-state index contributed by atoms with van der Waals surface area (Å²) in [5, 5.41) is 2.79. The maximum atomic E-state index is 12.5. The molecule has 2 aromatic rings. The number of anilines is 1. The fraction of sp³-hybridized carbons (Fsp3) is 0.100. The first-order valence-corrected chi connectivity index (χ1v) is 7.90. The highest BCUT2D eigenvalue weighted by atomic mass is 16.5. The SMILES string of the molecule is CCOC(=O)c1cccc(NC(=O)C2=Cc3ccccc3OC=C2)c1. The molecule has 0 aromatic heterocycles. The molecule has 25 heavy (non-hydrogen) atoms. The van der Waals surface area contributed by atoms with Crippen LogP contribution in [0.3, 0.4) is 0 Å². The molecular weight excluding hydrogens is 318 g/mol. The quantitative estimate of drug-likeness (QED) is 0.863. The smallest absolute Gasteiger partial charge is 0.338 e. The summed E-state index contributed by atoms with van der Waals surface area (Å²) < 4.78 is 10.5. The lowest BCUT2D eigenvalue weighted by Gasteiger charge is -2.07. The van der Waals surface area contributed by atoms with Crippen molar-refractivity contribution < 1.29 is 19.1 Å². The van der Waals surface area contributed by atoms with E-state index in [1.165, 1.54) is 6.26 Å². The van der Waals surface area contributed by atoms with Crippen LogP contribution in [0.1, 0.15) is 22.8 Å². The van der Waals surface area contributed by atoms with Crippen LogP contribution in [0.25, 0.3) is 6.08 Å². The van der Waals surface area contributed by atoms with E-state index in [0.29, 0.717) is 29.2 Å². The van der Waals surface area contributed by atoms with Crippen molar-refractivity contribution in [2.75, 3.05) is 11.9 Å². The topological polar surface area (TPSA) is 64.6 Å². The zero-order valence-electron chi connectivity index (χ0n) is 13.7. The van der Waals surface area contributed by atoms with Crippen molar-refractivity contribution in [1.82, 2.24) is 0 Å². The molecule has 1 N–H and O–H groups in total. The summed E-state index contributed by atoms with van der Waals surface area (Å²) in [6.45, 7) is 2.04. The molecule has 2 aromatic carbocycles. The Morgan fingerprint density at radius 3 is 2.80 bits per heavy atom. The lowest BCUT2D eigenvalue weighted by molar-refractivity contribution is -0.112. The van der Waals surface area contributed by atoms with E-state index in [9.17, 15) is 9.59 Å². The van der Waals surface area contributed by atoms with Gasteiger partial charge in [-0.2, -0.15) is 0 Å². The molecule has 3 rings (SSSR count). The number of carbonyl (C=O) groups is 2. The van der Waals surface area contributed by atoms with Crippen molar-refractivity contribution in [3.05, 3.63) is 77.6 Å². The van der Waals surface area contributed by atoms with E-state index < -0.39 is 5.97 Å². The van der Waals surface area contributed by atoms with E-state index in [4.69, 9.17) is 9.47 Å². The maximum Gasteiger partial charge on any atom is 0.338 e. The summed E-state index contributed by atoms with van der Waals surface area (Å²) in [6, 6.07) is 14.1. The fourth-order valence-corrected chi connectivity index (χ4v) is 2.39. The zero-order chi connectivity index (χ0) is 17.6. The average molecular weight is 335 g/mol. The first-order valence-electron chi connectivity index (χ1n) is 7.90. The number of esters is 1. The van der Waals surface area contributed by atoms with Crippen molar-refractivity contribution in [3.8, 4) is 5.75 Å². The molecule has 0 spiro atoms. The third-order valence-corrected chi connectivity index (χ3v) is 3.57. The summed E-state index contributed by atoms with van der Waals surface area (Å²) in [6.07, 6.45) is 4.83. The van der Waals surface area contributed by atoms with E-state index in [0.717, 1.165) is 5.56 Å². The van der Waals surface area contributed by atoms with Gasteiger partial charge in [-0.05, 0) is 43.3 Å². The Kier molecular flexibility index (Phi) is 4.95. The minimum absolute atomic E-state index is 0.294. The van der Waals surface area contributed by atoms with E-state index in [-0.39, 0.29) is 5.91 Å². The molecule has 0 radical (unpaired) electrons. The van der Waals surface area contributed by atoms with E-state index in [1.807, 2.05) is 24.3 Å². The monoisotopic (exact) mass is 335 g/mol. The maximum absolute atomic E-state index is 12.5. The molecule has 5 nitrogen and oxygen atoms in total. The molecule has 0 fully saturated rings. The number of ether oxygens (including phenoxy) is 2. The molecular formula is C20H17NO4. The van der Waals surface area contributed by atoms with E-state index in [2.05, 4.69) is 5.32 Å². The van der Waals surface area contributed by atoms with Crippen molar-refractivity contribution >= 4 is 23.6 Å². The number of nitrogens with one attached hydrogen (secondary N) is 1. The van der Waals surface area contributed by atoms with Gasteiger partial charge in [0.05, 0.1) is 18.4 Å². The van der Waals surface area contributed by atoms with Gasteiger partial charge in [0.1, 0.15) is 5.75 Å². The summed E-state index contributed by atoms with van der Waals surface area (Å²) in [7, 11) is 0. The van der Waals surface area contributed by atoms with Gasteiger partial charge in [0.2, 0.25) is 0 Å². The minimum Gasteiger partial charge on any atom is -0.464 e. The Bertz CT molecular complexity index is 868. The highest BCUT2D eigenvalue weighted by Crippen LogP contribution is 2.25. The van der Waals surface area contributed by atoms with Gasteiger partial charge in [-0.15, -0.1) is 0 Å². The predicted molar refractivity (Wildman–Crippen MR) is 95.2 cm³/mol. The molecule has 0 saturated heterocycles. The van der Waals surface area contributed by atoms with Gasteiger partial charge in [-0.1, -0.05) is 24.3 Å². The second kappa shape index (κ2) is 7.49. The second-order valence-electron chi connectivity index (χ2n) is 5.31. The van der Waals surface area contributed by atoms with Gasteiger partial charge in [0, 0.05) is 16.8 Å². The number of carbonyl (C=O) groups excluding carboxylic acids is 2. The predicted octanol–water partition coefficient (Wildman–Crippen LogP) is 3.79. The molecule has 1 heterocycles. The molecule has 0 bridgehead atoms. The third kappa shape index (κ3) is 3.95. The van der Waals surface area contributed by atoms with Crippen LogP contribution in [0.4, 0.5) is 5.69 Å². The Morgan fingerprint density at radius 1 is 1.12 bits per heavy atom. The number of amides is 1. The molecule has 5 heteroatoms. The molecule has 1 aliphatic rings. The largest absolute Gasteiger partial charge is 0.464 e. The van der Waals surface area contributed by atoms with Crippen molar-refractivity contribution in [2.45, 2.75) is 6.92 Å². The van der Waals surface area contributed by atoms with Crippen LogP contribution in [0, 0.1) is 0 Å². The molecule has 1 aliphatic heterocycles. The summed E-state index contributed by atoms with van der Waals surface area (Å²) in [4.78, 5) is 24.3. The van der Waals surface area contributed by atoms with Crippen LogP contribution in [0.15, 0.2) is 66.4 Å². The minimum atomic E-state index is -0.422. The first kappa shape index (κ1) is 16.5. The normalized spacial score (nSPS) is 12.3. The Balaban J connectivity index is 1.80. The standard InChI is InChI=1S/C20H17NO4/c1-2-24-20(23)16-7-5-8-17(13-16)21-19(22)15-10-11-25-18-9-4-3-6-14(18)12-15/h3-13H,2H2,1H3,(H,21,22). The van der Waals surface area contributed by atoms with Gasteiger partial charge in [-0.25, -0.2) is 4.79 Å². The molecule has 126 valence electrons. The summed E-state index contributed by atoms with van der Waals surface area (Å²) in [5.74, 6) is -0.0297. The number of para-hydroxylation sites is 1. The molecule has 1 amide bonds. The summed E-state index contributed by atoms with van der Waals surface area (Å²) in [5.41, 5.74) is 2.17. The average Bonchev–Trinajstić information content (AvgIpc) is 2.84. The number of hydrogen-bond donors (Lipinski definition) is 1. The van der Waals surface area contributed by atoms with Crippen LogP contribution in [0.5, 0.6) is 5.75 Å². The highest BCUT2D eigenvalue weighted by Gasteiger charge is 2.13. The lowest BCUT2D eigenvalue weighted by Crippen LogP contribution is -2.14. The molecule has 0 unspecified atom stereocenters. The van der Waals surface area contributed by atoms with Crippen LogP contribution < -0.4 is 10.1 Å². The van der Waals surface area contributed by atoms with Crippen molar-refractivity contribution in [3.63, 3.8) is 0 Å². The number of fused-ring (bicyclic) bond motifs is 1.